The zero-order valence-corrected chi connectivity index (χ0v) is 22.7. The third kappa shape index (κ3) is 4.98. The summed E-state index contributed by atoms with van der Waals surface area (Å²) in [5.74, 6) is 1.29. The number of amides is 1. The number of fused-ring (bicyclic) bond motifs is 3. The Labute approximate surface area is 232 Å². The van der Waals surface area contributed by atoms with Crippen molar-refractivity contribution in [2.24, 2.45) is 0 Å². The van der Waals surface area contributed by atoms with Crippen LogP contribution in [0.15, 0.2) is 67.1 Å². The fourth-order valence-corrected chi connectivity index (χ4v) is 5.60. The van der Waals surface area contributed by atoms with Crippen LogP contribution in [0.4, 0.5) is 5.82 Å². The van der Waals surface area contributed by atoms with E-state index >= 15 is 0 Å². The lowest BCUT2D eigenvalue weighted by molar-refractivity contribution is -0.130. The molecule has 1 amide bonds. The highest BCUT2D eigenvalue weighted by atomic mass is 16.5. The predicted octanol–water partition coefficient (Wildman–Crippen LogP) is 3.75. The van der Waals surface area contributed by atoms with Crippen molar-refractivity contribution in [3.63, 3.8) is 0 Å². The van der Waals surface area contributed by atoms with Crippen LogP contribution in [0.25, 0.3) is 27.7 Å². The molecule has 0 bridgehead atoms. The molecule has 206 valence electrons. The number of nitrogens with one attached hydrogen (secondary N) is 2. The van der Waals surface area contributed by atoms with Crippen LogP contribution >= 0.6 is 0 Å². The largest absolute Gasteiger partial charge is 0.492 e. The summed E-state index contributed by atoms with van der Waals surface area (Å²) in [6.07, 6.45) is 6.71. The quantitative estimate of drug-likeness (QED) is 0.275. The van der Waals surface area contributed by atoms with Crippen LogP contribution < -0.4 is 15.0 Å². The van der Waals surface area contributed by atoms with Crippen molar-refractivity contribution in [1.82, 2.24) is 30.1 Å². The minimum Gasteiger partial charge on any atom is -0.492 e. The van der Waals surface area contributed by atoms with E-state index in [1.54, 1.807) is 6.20 Å². The van der Waals surface area contributed by atoms with Crippen molar-refractivity contribution in [2.75, 3.05) is 24.6 Å². The number of aromatic amines is 1. The molecular formula is C30H33N7O3. The molecule has 1 aliphatic rings. The molecule has 6 rings (SSSR count). The van der Waals surface area contributed by atoms with Crippen molar-refractivity contribution < 1.29 is 14.6 Å². The summed E-state index contributed by atoms with van der Waals surface area (Å²) >= 11 is 0. The van der Waals surface area contributed by atoms with Crippen molar-refractivity contribution in [2.45, 2.75) is 44.8 Å². The molecule has 1 unspecified atom stereocenters. The lowest BCUT2D eigenvalue weighted by Crippen LogP contribution is -2.58. The fourth-order valence-electron chi connectivity index (χ4n) is 5.60. The molecule has 10 heteroatoms. The van der Waals surface area contributed by atoms with Gasteiger partial charge in [0.1, 0.15) is 17.7 Å². The van der Waals surface area contributed by atoms with Gasteiger partial charge in [-0.2, -0.15) is 5.10 Å². The molecule has 5 aromatic rings. The number of carbonyl (C=O) groups excluding carboxylic acids is 1. The Bertz CT molecular complexity index is 1620. The van der Waals surface area contributed by atoms with Crippen molar-refractivity contribution in [3.05, 3.63) is 72.7 Å². The number of anilines is 1. The first-order chi connectivity index (χ1) is 19.4. The molecule has 0 aliphatic carbocycles. The Morgan fingerprint density at radius 1 is 1.18 bits per heavy atom. The molecule has 10 nitrogen and oxygen atoms in total. The summed E-state index contributed by atoms with van der Waals surface area (Å²) in [5.41, 5.74) is 4.33. The van der Waals surface area contributed by atoms with Gasteiger partial charge in [-0.1, -0.05) is 30.3 Å². The van der Waals surface area contributed by atoms with Crippen molar-refractivity contribution >= 4 is 28.3 Å². The number of benzene rings is 1. The molecule has 1 aromatic carbocycles. The third-order valence-corrected chi connectivity index (χ3v) is 7.67. The molecule has 0 saturated carbocycles. The van der Waals surface area contributed by atoms with Gasteiger partial charge in [-0.25, -0.2) is 9.50 Å². The highest BCUT2D eigenvalue weighted by molar-refractivity contribution is 6.00. The van der Waals surface area contributed by atoms with Gasteiger partial charge in [0.2, 0.25) is 5.91 Å². The number of aliphatic hydroxyl groups is 1. The first-order valence-corrected chi connectivity index (χ1v) is 13.7. The SMILES string of the molecule is CCOc1cc(-c2ccc(N3CCC(Cc4ccccc4)(NC(=O)C(C)O)CC3)nc2)c2c3cn[nH]c3nn2c1. The molecule has 0 spiro atoms. The van der Waals surface area contributed by atoms with Gasteiger partial charge in [-0.15, -0.1) is 5.10 Å². The fraction of sp³-hybridized carbons (Fsp3) is 0.333. The van der Waals surface area contributed by atoms with E-state index in [0.717, 1.165) is 70.7 Å². The monoisotopic (exact) mass is 539 g/mol. The molecule has 5 heterocycles. The van der Waals surface area contributed by atoms with Gasteiger partial charge in [0.15, 0.2) is 5.65 Å². The van der Waals surface area contributed by atoms with Crippen LogP contribution in [0.3, 0.4) is 0 Å². The molecule has 1 saturated heterocycles. The lowest BCUT2D eigenvalue weighted by Gasteiger charge is -2.43. The van der Waals surface area contributed by atoms with Crippen LogP contribution in [0, 0.1) is 0 Å². The third-order valence-electron chi connectivity index (χ3n) is 7.67. The zero-order chi connectivity index (χ0) is 27.7. The smallest absolute Gasteiger partial charge is 0.248 e. The van der Waals surface area contributed by atoms with Crippen LogP contribution in [-0.4, -0.2) is 67.1 Å². The van der Waals surface area contributed by atoms with Gasteiger partial charge in [0.25, 0.3) is 0 Å². The van der Waals surface area contributed by atoms with Crippen LogP contribution in [0.1, 0.15) is 32.3 Å². The molecule has 40 heavy (non-hydrogen) atoms. The second kappa shape index (κ2) is 10.6. The van der Waals surface area contributed by atoms with Gasteiger partial charge in [-0.3, -0.25) is 9.89 Å². The van der Waals surface area contributed by atoms with E-state index in [2.05, 4.69) is 43.7 Å². The number of hydrogen-bond donors (Lipinski definition) is 3. The lowest BCUT2D eigenvalue weighted by atomic mass is 9.81. The van der Waals surface area contributed by atoms with Gasteiger partial charge in [0.05, 0.1) is 29.9 Å². The number of rotatable bonds is 8. The highest BCUT2D eigenvalue weighted by Crippen LogP contribution is 2.34. The molecule has 3 N–H and O–H groups in total. The Morgan fingerprint density at radius 3 is 2.67 bits per heavy atom. The standard InChI is InChI=1S/C30H33N7O3/c1-3-40-23-15-24(27-25-18-32-34-28(25)35-37(27)19-23)22-9-10-26(31-17-22)36-13-11-30(12-14-36,33-29(39)20(2)38)16-21-7-5-4-6-8-21/h4-10,15,17-20,38H,3,11-14,16H2,1-2H3,(H,33,39)(H,34,35). The first kappa shape index (κ1) is 25.8. The first-order valence-electron chi connectivity index (χ1n) is 13.7. The number of pyridine rings is 2. The van der Waals surface area contributed by atoms with Crippen molar-refractivity contribution in [3.8, 4) is 16.9 Å². The predicted molar refractivity (Wildman–Crippen MR) is 153 cm³/mol. The summed E-state index contributed by atoms with van der Waals surface area (Å²) < 4.78 is 7.64. The minimum absolute atomic E-state index is 0.334. The molecule has 0 radical (unpaired) electrons. The maximum atomic E-state index is 12.5. The number of nitrogens with zero attached hydrogens (tertiary/aromatic N) is 5. The Hall–Kier alpha value is -4.44. The highest BCUT2D eigenvalue weighted by Gasteiger charge is 2.37. The van der Waals surface area contributed by atoms with Gasteiger partial charge < -0.3 is 20.1 Å². The summed E-state index contributed by atoms with van der Waals surface area (Å²) in [4.78, 5) is 19.6. The van der Waals surface area contributed by atoms with E-state index in [0.29, 0.717) is 13.0 Å². The van der Waals surface area contributed by atoms with E-state index in [1.165, 1.54) is 6.92 Å². The van der Waals surface area contributed by atoms with E-state index in [4.69, 9.17) is 9.72 Å². The molecule has 1 aliphatic heterocycles. The number of carbonyl (C=O) groups is 1. The van der Waals surface area contributed by atoms with Gasteiger partial charge in [0, 0.05) is 36.0 Å². The maximum Gasteiger partial charge on any atom is 0.248 e. The van der Waals surface area contributed by atoms with Crippen LogP contribution in [0.2, 0.25) is 0 Å². The number of H-pyrrole nitrogens is 1. The number of hydrogen-bond acceptors (Lipinski definition) is 7. The summed E-state index contributed by atoms with van der Waals surface area (Å²) in [7, 11) is 0. The number of piperidine rings is 1. The second-order valence-electron chi connectivity index (χ2n) is 10.4. The van der Waals surface area contributed by atoms with E-state index in [-0.39, 0.29) is 5.91 Å². The topological polar surface area (TPSA) is 121 Å². The molecule has 4 aromatic heterocycles. The average Bonchev–Trinajstić information content (AvgIpc) is 3.55. The summed E-state index contributed by atoms with van der Waals surface area (Å²) in [5, 5.41) is 25.7. The molecular weight excluding hydrogens is 506 g/mol. The van der Waals surface area contributed by atoms with Gasteiger partial charge >= 0.3 is 0 Å². The van der Waals surface area contributed by atoms with Crippen molar-refractivity contribution in [1.29, 1.82) is 0 Å². The van der Waals surface area contributed by atoms with E-state index in [9.17, 15) is 9.90 Å². The molecule has 1 fully saturated rings. The zero-order valence-electron chi connectivity index (χ0n) is 22.7. The number of aromatic nitrogens is 5. The molecule has 1 atom stereocenters. The second-order valence-corrected chi connectivity index (χ2v) is 10.4. The van der Waals surface area contributed by atoms with Gasteiger partial charge in [-0.05, 0) is 56.9 Å². The Morgan fingerprint density at radius 2 is 1.98 bits per heavy atom. The number of ether oxygens (including phenoxy) is 1. The Balaban J connectivity index is 1.24. The summed E-state index contributed by atoms with van der Waals surface area (Å²) in [6.45, 7) is 5.50. The normalized spacial score (nSPS) is 15.8. The number of aliphatic hydroxyl groups excluding tert-OH is 1. The average molecular weight is 540 g/mol. The maximum absolute atomic E-state index is 12.5. The van der Waals surface area contributed by atoms with Crippen LogP contribution in [0.5, 0.6) is 5.75 Å². The van der Waals surface area contributed by atoms with E-state index < -0.39 is 11.6 Å². The Kier molecular flexibility index (Phi) is 6.85. The van der Waals surface area contributed by atoms with Crippen LogP contribution in [-0.2, 0) is 11.2 Å². The minimum atomic E-state index is -1.05. The van der Waals surface area contributed by atoms with E-state index in [1.807, 2.05) is 54.2 Å². The summed E-state index contributed by atoms with van der Waals surface area (Å²) in [6, 6.07) is 16.3.